The third-order valence-corrected chi connectivity index (χ3v) is 4.63. The van der Waals surface area contributed by atoms with Crippen LogP contribution in [0.5, 0.6) is 0 Å². The van der Waals surface area contributed by atoms with Crippen LogP contribution in [0, 0.1) is 11.6 Å². The average molecular weight is 315 g/mol. The van der Waals surface area contributed by atoms with Gasteiger partial charge in [0.1, 0.15) is 0 Å². The number of anilines is 1. The molecular weight excluding hydrogens is 304 g/mol. The van der Waals surface area contributed by atoms with Crippen molar-refractivity contribution in [2.24, 2.45) is 0 Å². The molecule has 2 rings (SSSR count). The van der Waals surface area contributed by atoms with Crippen LogP contribution in [0.15, 0.2) is 52.3 Å². The van der Waals surface area contributed by atoms with Crippen molar-refractivity contribution in [1.29, 1.82) is 0 Å². The number of hydrogen-bond donors (Lipinski definition) is 1. The lowest BCUT2D eigenvalue weighted by Gasteiger charge is -2.09. The van der Waals surface area contributed by atoms with Crippen molar-refractivity contribution in [2.75, 3.05) is 11.0 Å². The van der Waals surface area contributed by atoms with Gasteiger partial charge in [-0.25, -0.2) is 17.2 Å². The maximum atomic E-state index is 13.1. The Morgan fingerprint density at radius 1 is 1.05 bits per heavy atom. The van der Waals surface area contributed by atoms with Gasteiger partial charge in [0.2, 0.25) is 0 Å². The number of rotatable bonds is 4. The standard InChI is InChI=1S/C13H11F2NO2S2/c1-19-10-4-2-3-9(7-10)16-20(17,18)11-5-6-12(14)13(15)8-11/h2-8,16H,1H3. The smallest absolute Gasteiger partial charge is 0.261 e. The molecule has 106 valence electrons. The van der Waals surface area contributed by atoms with Crippen LogP contribution < -0.4 is 4.72 Å². The van der Waals surface area contributed by atoms with E-state index < -0.39 is 21.7 Å². The molecule has 0 spiro atoms. The quantitative estimate of drug-likeness (QED) is 0.879. The van der Waals surface area contributed by atoms with Gasteiger partial charge in [0.25, 0.3) is 10.0 Å². The van der Waals surface area contributed by atoms with Crippen molar-refractivity contribution in [3.8, 4) is 0 Å². The first kappa shape index (κ1) is 14.8. The zero-order chi connectivity index (χ0) is 14.8. The van der Waals surface area contributed by atoms with Crippen molar-refractivity contribution < 1.29 is 17.2 Å². The van der Waals surface area contributed by atoms with Crippen LogP contribution in [0.1, 0.15) is 0 Å². The first-order valence-corrected chi connectivity index (χ1v) is 8.25. The summed E-state index contributed by atoms with van der Waals surface area (Å²) in [5.74, 6) is -2.29. The highest BCUT2D eigenvalue weighted by Crippen LogP contribution is 2.22. The van der Waals surface area contributed by atoms with E-state index in [9.17, 15) is 17.2 Å². The lowest BCUT2D eigenvalue weighted by atomic mass is 10.3. The Bertz CT molecular complexity index is 733. The zero-order valence-electron chi connectivity index (χ0n) is 10.4. The third-order valence-electron chi connectivity index (χ3n) is 2.52. The minimum absolute atomic E-state index is 0.328. The molecule has 0 aliphatic carbocycles. The number of benzene rings is 2. The van der Waals surface area contributed by atoms with Crippen molar-refractivity contribution >= 4 is 27.5 Å². The third kappa shape index (κ3) is 3.29. The van der Waals surface area contributed by atoms with Gasteiger partial charge in [0.15, 0.2) is 11.6 Å². The minimum atomic E-state index is -3.94. The van der Waals surface area contributed by atoms with E-state index in [0.29, 0.717) is 11.8 Å². The predicted octanol–water partition coefficient (Wildman–Crippen LogP) is 3.49. The van der Waals surface area contributed by atoms with Gasteiger partial charge in [-0.2, -0.15) is 0 Å². The van der Waals surface area contributed by atoms with Crippen LogP contribution in [-0.4, -0.2) is 14.7 Å². The maximum Gasteiger partial charge on any atom is 0.261 e. The maximum absolute atomic E-state index is 13.1. The topological polar surface area (TPSA) is 46.2 Å². The molecule has 0 saturated heterocycles. The van der Waals surface area contributed by atoms with E-state index in [4.69, 9.17) is 0 Å². The molecule has 0 unspecified atom stereocenters. The Balaban J connectivity index is 2.32. The largest absolute Gasteiger partial charge is 0.280 e. The van der Waals surface area contributed by atoms with E-state index in [1.165, 1.54) is 11.8 Å². The van der Waals surface area contributed by atoms with Gasteiger partial charge in [-0.1, -0.05) is 6.07 Å². The number of thioether (sulfide) groups is 1. The van der Waals surface area contributed by atoms with Crippen molar-refractivity contribution in [3.05, 3.63) is 54.1 Å². The van der Waals surface area contributed by atoms with Crippen molar-refractivity contribution in [2.45, 2.75) is 9.79 Å². The number of hydrogen-bond acceptors (Lipinski definition) is 3. The van der Waals surface area contributed by atoms with Crippen LogP contribution >= 0.6 is 11.8 Å². The number of nitrogens with one attached hydrogen (secondary N) is 1. The molecular formula is C13H11F2NO2S2. The molecule has 0 heterocycles. The Hall–Kier alpha value is -1.60. The molecule has 7 heteroatoms. The highest BCUT2D eigenvalue weighted by molar-refractivity contribution is 7.98. The summed E-state index contributed by atoms with van der Waals surface area (Å²) in [7, 11) is -3.94. The van der Waals surface area contributed by atoms with E-state index in [-0.39, 0.29) is 4.90 Å². The molecule has 1 N–H and O–H groups in total. The summed E-state index contributed by atoms with van der Waals surface area (Å²) < 4.78 is 52.4. The molecule has 0 atom stereocenters. The second-order valence-electron chi connectivity index (χ2n) is 3.91. The molecule has 0 fully saturated rings. The fourth-order valence-electron chi connectivity index (χ4n) is 1.54. The molecule has 0 aliphatic heterocycles. The highest BCUT2D eigenvalue weighted by Gasteiger charge is 2.16. The molecule has 0 radical (unpaired) electrons. The second kappa shape index (κ2) is 5.80. The van der Waals surface area contributed by atoms with Crippen LogP contribution in [0.25, 0.3) is 0 Å². The van der Waals surface area contributed by atoms with Crippen LogP contribution in [0.3, 0.4) is 0 Å². The van der Waals surface area contributed by atoms with Gasteiger partial charge in [-0.3, -0.25) is 4.72 Å². The summed E-state index contributed by atoms with van der Waals surface area (Å²) in [5.41, 5.74) is 0.363. The van der Waals surface area contributed by atoms with E-state index in [0.717, 1.165) is 17.0 Å². The number of halogens is 2. The van der Waals surface area contributed by atoms with Crippen LogP contribution in [0.4, 0.5) is 14.5 Å². The molecule has 0 aromatic heterocycles. The second-order valence-corrected chi connectivity index (χ2v) is 6.48. The van der Waals surface area contributed by atoms with E-state index in [1.54, 1.807) is 18.2 Å². The Morgan fingerprint density at radius 2 is 1.80 bits per heavy atom. The van der Waals surface area contributed by atoms with Gasteiger partial charge in [0, 0.05) is 10.6 Å². The summed E-state index contributed by atoms with van der Waals surface area (Å²) in [5, 5.41) is 0. The lowest BCUT2D eigenvalue weighted by molar-refractivity contribution is 0.504. The van der Waals surface area contributed by atoms with E-state index >= 15 is 0 Å². The summed E-state index contributed by atoms with van der Waals surface area (Å²) in [6.45, 7) is 0. The summed E-state index contributed by atoms with van der Waals surface area (Å²) in [6.07, 6.45) is 1.86. The molecule has 0 amide bonds. The van der Waals surface area contributed by atoms with Gasteiger partial charge >= 0.3 is 0 Å². The molecule has 2 aromatic carbocycles. The number of sulfonamides is 1. The minimum Gasteiger partial charge on any atom is -0.280 e. The fraction of sp³-hybridized carbons (Fsp3) is 0.0769. The van der Waals surface area contributed by atoms with Crippen molar-refractivity contribution in [3.63, 3.8) is 0 Å². The monoisotopic (exact) mass is 315 g/mol. The fourth-order valence-corrected chi connectivity index (χ4v) is 3.07. The van der Waals surface area contributed by atoms with Gasteiger partial charge in [-0.05, 0) is 42.7 Å². The zero-order valence-corrected chi connectivity index (χ0v) is 12.1. The molecule has 2 aromatic rings. The van der Waals surface area contributed by atoms with Gasteiger partial charge in [0.05, 0.1) is 4.90 Å². The lowest BCUT2D eigenvalue weighted by Crippen LogP contribution is -2.13. The predicted molar refractivity (Wildman–Crippen MR) is 75.4 cm³/mol. The van der Waals surface area contributed by atoms with Gasteiger partial charge in [-0.15, -0.1) is 11.8 Å². The summed E-state index contributed by atoms with van der Waals surface area (Å²) >= 11 is 1.46. The highest BCUT2D eigenvalue weighted by atomic mass is 32.2. The Kier molecular flexibility index (Phi) is 4.29. The Morgan fingerprint density at radius 3 is 2.45 bits per heavy atom. The first-order chi connectivity index (χ1) is 9.42. The molecule has 0 aliphatic rings. The normalized spacial score (nSPS) is 11.3. The van der Waals surface area contributed by atoms with Crippen molar-refractivity contribution in [1.82, 2.24) is 0 Å². The van der Waals surface area contributed by atoms with Crippen LogP contribution in [-0.2, 0) is 10.0 Å². The Labute approximate surface area is 120 Å². The van der Waals surface area contributed by atoms with Crippen LogP contribution in [0.2, 0.25) is 0 Å². The molecule has 0 saturated carbocycles. The molecule has 20 heavy (non-hydrogen) atoms. The summed E-state index contributed by atoms with van der Waals surface area (Å²) in [6, 6.07) is 9.21. The van der Waals surface area contributed by atoms with E-state index in [2.05, 4.69) is 4.72 Å². The molecule has 3 nitrogen and oxygen atoms in total. The first-order valence-electron chi connectivity index (χ1n) is 5.54. The SMILES string of the molecule is CSc1cccc(NS(=O)(=O)c2ccc(F)c(F)c2)c1. The summed E-state index contributed by atoms with van der Waals surface area (Å²) in [4.78, 5) is 0.557. The van der Waals surface area contributed by atoms with E-state index in [1.807, 2.05) is 12.3 Å². The average Bonchev–Trinajstić information content (AvgIpc) is 2.41. The van der Waals surface area contributed by atoms with Gasteiger partial charge < -0.3 is 0 Å². The molecule has 0 bridgehead atoms.